The molecule has 0 bridgehead atoms. The molecule has 1 heterocycles. The van der Waals surface area contributed by atoms with Crippen LogP contribution in [-0.2, 0) is 16.1 Å². The van der Waals surface area contributed by atoms with Crippen molar-refractivity contribution in [2.45, 2.75) is 6.61 Å². The number of hydrogen-bond donors (Lipinski definition) is 1. The van der Waals surface area contributed by atoms with Gasteiger partial charge in [0, 0.05) is 11.8 Å². The summed E-state index contributed by atoms with van der Waals surface area (Å²) in [6, 6.07) is 26.2. The van der Waals surface area contributed by atoms with Crippen LogP contribution in [0.1, 0.15) is 15.9 Å². The Balaban J connectivity index is 1.54. The van der Waals surface area contributed by atoms with Crippen molar-refractivity contribution in [3.63, 3.8) is 0 Å². The van der Waals surface area contributed by atoms with Crippen molar-refractivity contribution in [1.29, 1.82) is 0 Å². The molecule has 0 aliphatic heterocycles. The molecule has 4 rings (SSSR count). The summed E-state index contributed by atoms with van der Waals surface area (Å²) in [5.41, 5.74) is 3.12. The first-order valence-corrected chi connectivity index (χ1v) is 10.4. The Hall–Kier alpha value is -4.39. The van der Waals surface area contributed by atoms with E-state index in [0.29, 0.717) is 22.6 Å². The molecule has 0 radical (unpaired) electrons. The zero-order chi connectivity index (χ0) is 23.0. The fourth-order valence-electron chi connectivity index (χ4n) is 3.33. The molecule has 3 aromatic carbocycles. The summed E-state index contributed by atoms with van der Waals surface area (Å²) in [6.45, 7) is -0.110. The number of methoxy groups -OCH3 is 1. The van der Waals surface area contributed by atoms with Crippen LogP contribution >= 0.6 is 0 Å². The molecular weight excluding hydrogens is 418 g/mol. The number of carbonyl (C=O) groups excluding carboxylic acids is 2. The molecule has 4 aromatic rings. The molecule has 7 nitrogen and oxygen atoms in total. The van der Waals surface area contributed by atoms with E-state index in [1.807, 2.05) is 78.9 Å². The molecule has 0 spiro atoms. The molecule has 0 unspecified atom stereocenters. The molecule has 0 aliphatic carbocycles. The quantitative estimate of drug-likeness (QED) is 0.418. The molecule has 1 N–H and O–H groups in total. The van der Waals surface area contributed by atoms with Crippen LogP contribution in [-0.4, -0.2) is 35.3 Å². The van der Waals surface area contributed by atoms with E-state index in [-0.39, 0.29) is 13.2 Å². The monoisotopic (exact) mass is 441 g/mol. The number of nitrogens with zero attached hydrogens (tertiary/aromatic N) is 2. The average Bonchev–Trinajstić information content (AvgIpc) is 3.32. The van der Waals surface area contributed by atoms with E-state index in [0.717, 1.165) is 11.3 Å². The van der Waals surface area contributed by atoms with Crippen LogP contribution in [0, 0.1) is 0 Å². The van der Waals surface area contributed by atoms with Gasteiger partial charge in [-0.15, -0.1) is 0 Å². The third-order valence-electron chi connectivity index (χ3n) is 4.98. The van der Waals surface area contributed by atoms with Gasteiger partial charge in [-0.2, -0.15) is 5.10 Å². The second-order valence-corrected chi connectivity index (χ2v) is 7.20. The fraction of sp³-hybridized carbons (Fsp3) is 0.115. The first-order chi connectivity index (χ1) is 16.2. The molecule has 0 fully saturated rings. The van der Waals surface area contributed by atoms with Crippen molar-refractivity contribution in [3.05, 3.63) is 102 Å². The predicted octanol–water partition coefficient (Wildman–Crippen LogP) is 4.02. The topological polar surface area (TPSA) is 82.5 Å². The zero-order valence-electron chi connectivity index (χ0n) is 18.1. The van der Waals surface area contributed by atoms with Gasteiger partial charge in [0.05, 0.1) is 18.4 Å². The third-order valence-corrected chi connectivity index (χ3v) is 4.98. The Morgan fingerprint density at radius 2 is 1.58 bits per heavy atom. The third kappa shape index (κ3) is 5.27. The number of amides is 1. The van der Waals surface area contributed by atoms with Crippen LogP contribution < -0.4 is 10.1 Å². The van der Waals surface area contributed by atoms with E-state index < -0.39 is 11.9 Å². The first-order valence-electron chi connectivity index (χ1n) is 10.4. The Kier molecular flexibility index (Phi) is 6.80. The molecule has 0 aliphatic rings. The highest BCUT2D eigenvalue weighted by molar-refractivity contribution is 6.01. The molecule has 0 saturated heterocycles. The van der Waals surface area contributed by atoms with Gasteiger partial charge in [0.1, 0.15) is 24.6 Å². The van der Waals surface area contributed by atoms with E-state index in [1.54, 1.807) is 24.1 Å². The number of esters is 1. The fourth-order valence-corrected chi connectivity index (χ4v) is 3.33. The van der Waals surface area contributed by atoms with Gasteiger partial charge < -0.3 is 14.8 Å². The normalized spacial score (nSPS) is 10.5. The number of rotatable bonds is 8. The van der Waals surface area contributed by atoms with E-state index in [4.69, 9.17) is 9.47 Å². The van der Waals surface area contributed by atoms with Gasteiger partial charge in [-0.05, 0) is 29.8 Å². The van der Waals surface area contributed by atoms with Crippen LogP contribution in [0.15, 0.2) is 91.1 Å². The van der Waals surface area contributed by atoms with Gasteiger partial charge in [-0.1, -0.05) is 60.7 Å². The smallest absolute Gasteiger partial charge is 0.325 e. The number of carbonyl (C=O) groups is 2. The number of hydrogen-bond acceptors (Lipinski definition) is 5. The van der Waals surface area contributed by atoms with Crippen LogP contribution in [0.2, 0.25) is 0 Å². The zero-order valence-corrected chi connectivity index (χ0v) is 18.1. The van der Waals surface area contributed by atoms with Gasteiger partial charge in [0.2, 0.25) is 0 Å². The maximum absolute atomic E-state index is 13.0. The van der Waals surface area contributed by atoms with Crippen LogP contribution in [0.5, 0.6) is 5.75 Å². The summed E-state index contributed by atoms with van der Waals surface area (Å²) in [4.78, 5) is 25.2. The molecule has 0 saturated carbocycles. The minimum Gasteiger partial charge on any atom is -0.496 e. The molecule has 1 aromatic heterocycles. The van der Waals surface area contributed by atoms with Crippen molar-refractivity contribution < 1.29 is 19.1 Å². The SMILES string of the molecule is COc1ccccc1-c1nn(-c2ccccc2)cc1C(=O)NCC(=O)OCc1ccccc1. The summed E-state index contributed by atoms with van der Waals surface area (Å²) < 4.78 is 12.3. The highest BCUT2D eigenvalue weighted by Gasteiger charge is 2.21. The van der Waals surface area contributed by atoms with Crippen LogP contribution in [0.25, 0.3) is 16.9 Å². The Labute approximate surface area is 191 Å². The highest BCUT2D eigenvalue weighted by Crippen LogP contribution is 2.31. The number of ether oxygens (including phenoxy) is 2. The summed E-state index contributed by atoms with van der Waals surface area (Å²) in [6.07, 6.45) is 1.64. The standard InChI is InChI=1S/C26H23N3O4/c1-32-23-15-9-8-14-21(23)25-22(17-29(28-25)20-12-6-3-7-13-20)26(31)27-16-24(30)33-18-19-10-4-2-5-11-19/h2-15,17H,16,18H2,1H3,(H,27,31). The van der Waals surface area contributed by atoms with Gasteiger partial charge >= 0.3 is 5.97 Å². The second kappa shape index (κ2) is 10.3. The van der Waals surface area contributed by atoms with Gasteiger partial charge in [0.15, 0.2) is 0 Å². The van der Waals surface area contributed by atoms with Gasteiger partial charge in [0.25, 0.3) is 5.91 Å². The largest absolute Gasteiger partial charge is 0.496 e. The predicted molar refractivity (Wildman–Crippen MR) is 124 cm³/mol. The number of nitrogens with one attached hydrogen (secondary N) is 1. The number of para-hydroxylation sites is 2. The molecular formula is C26H23N3O4. The Bertz CT molecular complexity index is 1240. The molecule has 33 heavy (non-hydrogen) atoms. The van der Waals surface area contributed by atoms with Gasteiger partial charge in [-0.25, -0.2) is 4.68 Å². The lowest BCUT2D eigenvalue weighted by Crippen LogP contribution is -2.30. The Morgan fingerprint density at radius 3 is 2.30 bits per heavy atom. The van der Waals surface area contributed by atoms with E-state index in [1.165, 1.54) is 0 Å². The lowest BCUT2D eigenvalue weighted by Gasteiger charge is -2.09. The molecule has 166 valence electrons. The van der Waals surface area contributed by atoms with Crippen molar-refractivity contribution in [3.8, 4) is 22.7 Å². The minimum atomic E-state index is -0.526. The Morgan fingerprint density at radius 1 is 0.909 bits per heavy atom. The van der Waals surface area contributed by atoms with E-state index in [9.17, 15) is 9.59 Å². The molecule has 0 atom stereocenters. The summed E-state index contributed by atoms with van der Waals surface area (Å²) in [5, 5.41) is 7.28. The number of aromatic nitrogens is 2. The van der Waals surface area contributed by atoms with E-state index >= 15 is 0 Å². The lowest BCUT2D eigenvalue weighted by atomic mass is 10.1. The lowest BCUT2D eigenvalue weighted by molar-refractivity contribution is -0.143. The second-order valence-electron chi connectivity index (χ2n) is 7.20. The first kappa shape index (κ1) is 21.8. The maximum atomic E-state index is 13.0. The average molecular weight is 441 g/mol. The van der Waals surface area contributed by atoms with Crippen molar-refractivity contribution in [2.24, 2.45) is 0 Å². The van der Waals surface area contributed by atoms with Crippen LogP contribution in [0.4, 0.5) is 0 Å². The number of benzene rings is 3. The highest BCUT2D eigenvalue weighted by atomic mass is 16.5. The summed E-state index contributed by atoms with van der Waals surface area (Å²) in [7, 11) is 1.56. The summed E-state index contributed by atoms with van der Waals surface area (Å²) in [5.74, 6) is -0.372. The van der Waals surface area contributed by atoms with Crippen molar-refractivity contribution in [1.82, 2.24) is 15.1 Å². The van der Waals surface area contributed by atoms with Crippen LogP contribution in [0.3, 0.4) is 0 Å². The van der Waals surface area contributed by atoms with E-state index in [2.05, 4.69) is 10.4 Å². The molecule has 1 amide bonds. The molecule has 7 heteroatoms. The minimum absolute atomic E-state index is 0.147. The summed E-state index contributed by atoms with van der Waals surface area (Å²) >= 11 is 0. The van der Waals surface area contributed by atoms with Crippen molar-refractivity contribution >= 4 is 11.9 Å². The van der Waals surface area contributed by atoms with Crippen molar-refractivity contribution in [2.75, 3.05) is 13.7 Å². The maximum Gasteiger partial charge on any atom is 0.325 e. The van der Waals surface area contributed by atoms with Gasteiger partial charge in [-0.3, -0.25) is 9.59 Å².